The number of amides is 3. The highest BCUT2D eigenvalue weighted by Crippen LogP contribution is 2.44. The first-order chi connectivity index (χ1) is 14.0. The van der Waals surface area contributed by atoms with Crippen molar-refractivity contribution in [1.82, 2.24) is 20.0 Å². The van der Waals surface area contributed by atoms with Crippen LogP contribution in [0.3, 0.4) is 0 Å². The average Bonchev–Trinajstić information content (AvgIpc) is 3.37. The summed E-state index contributed by atoms with van der Waals surface area (Å²) >= 11 is 6.06. The number of rotatable bonds is 3. The van der Waals surface area contributed by atoms with E-state index in [1.54, 1.807) is 23.0 Å². The Bertz CT molecular complexity index is 1120. The largest absolute Gasteiger partial charge is 0.326 e. The van der Waals surface area contributed by atoms with E-state index in [0.717, 1.165) is 23.1 Å². The van der Waals surface area contributed by atoms with Crippen LogP contribution in [0.25, 0.3) is 0 Å². The highest BCUT2D eigenvalue weighted by Gasteiger charge is 2.57. The molecule has 2 aliphatic rings. The topological polar surface area (TPSA) is 67.2 Å². The van der Waals surface area contributed by atoms with E-state index in [0.29, 0.717) is 17.1 Å². The van der Waals surface area contributed by atoms with E-state index in [-0.39, 0.29) is 5.91 Å². The highest BCUT2D eigenvalue weighted by atomic mass is 35.5. The molecule has 3 aromatic rings. The third kappa shape index (κ3) is 2.67. The minimum absolute atomic E-state index is 0.238. The average molecular weight is 407 g/mol. The van der Waals surface area contributed by atoms with Crippen LogP contribution in [0.2, 0.25) is 5.02 Å². The summed E-state index contributed by atoms with van der Waals surface area (Å²) < 4.78 is 1.66. The number of hydrogen-bond acceptors (Lipinski definition) is 3. The molecule has 6 nitrogen and oxygen atoms in total. The fourth-order valence-electron chi connectivity index (χ4n) is 4.47. The predicted molar refractivity (Wildman–Crippen MR) is 108 cm³/mol. The number of fused-ring (bicyclic) bond motifs is 2. The van der Waals surface area contributed by atoms with Gasteiger partial charge in [0, 0.05) is 18.3 Å². The van der Waals surface area contributed by atoms with Crippen molar-refractivity contribution in [2.75, 3.05) is 0 Å². The van der Waals surface area contributed by atoms with Gasteiger partial charge in [-0.25, -0.2) is 9.69 Å². The minimum atomic E-state index is -1.01. The van der Waals surface area contributed by atoms with Crippen molar-refractivity contribution in [1.29, 1.82) is 0 Å². The van der Waals surface area contributed by atoms with Gasteiger partial charge in [-0.2, -0.15) is 5.10 Å². The van der Waals surface area contributed by atoms with E-state index in [1.165, 1.54) is 4.90 Å². The number of carbonyl (C=O) groups is 2. The van der Waals surface area contributed by atoms with Gasteiger partial charge in [0.2, 0.25) is 0 Å². The number of imide groups is 1. The van der Waals surface area contributed by atoms with E-state index < -0.39 is 17.6 Å². The second kappa shape index (κ2) is 6.46. The van der Waals surface area contributed by atoms with Crippen LogP contribution in [0, 0.1) is 0 Å². The Morgan fingerprint density at radius 1 is 1.10 bits per heavy atom. The first-order valence-corrected chi connectivity index (χ1v) is 9.86. The van der Waals surface area contributed by atoms with Crippen LogP contribution >= 0.6 is 11.6 Å². The number of aromatic nitrogens is 2. The van der Waals surface area contributed by atoms with E-state index in [4.69, 9.17) is 11.6 Å². The number of nitrogens with zero attached hydrogens (tertiary/aromatic N) is 3. The molecule has 3 amide bonds. The van der Waals surface area contributed by atoms with Crippen molar-refractivity contribution in [2.24, 2.45) is 7.05 Å². The molecule has 2 aromatic carbocycles. The van der Waals surface area contributed by atoms with Gasteiger partial charge in [-0.1, -0.05) is 48.0 Å². The lowest BCUT2D eigenvalue weighted by Crippen LogP contribution is -2.42. The van der Waals surface area contributed by atoms with Crippen molar-refractivity contribution in [2.45, 2.75) is 24.4 Å². The van der Waals surface area contributed by atoms with Crippen molar-refractivity contribution >= 4 is 23.5 Å². The second-order valence-corrected chi connectivity index (χ2v) is 7.97. The number of urea groups is 1. The molecular formula is C22H19ClN4O2. The molecule has 0 radical (unpaired) electrons. The summed E-state index contributed by atoms with van der Waals surface area (Å²) in [5, 5.41) is 8.08. The third-order valence-corrected chi connectivity index (χ3v) is 6.08. The fraction of sp³-hybridized carbons (Fsp3) is 0.227. The van der Waals surface area contributed by atoms with Crippen molar-refractivity contribution in [3.8, 4) is 0 Å². The molecule has 1 spiro atoms. The summed E-state index contributed by atoms with van der Waals surface area (Å²) in [7, 11) is 1.81. The molecule has 1 aliphatic carbocycles. The van der Waals surface area contributed by atoms with Crippen LogP contribution in [0.5, 0.6) is 0 Å². The maximum absolute atomic E-state index is 13.7. The molecule has 146 valence electrons. The number of carbonyl (C=O) groups excluding carboxylic acids is 2. The molecule has 29 heavy (non-hydrogen) atoms. The van der Waals surface area contributed by atoms with Gasteiger partial charge in [-0.3, -0.25) is 9.48 Å². The minimum Gasteiger partial charge on any atom is -0.319 e. The molecule has 0 saturated carbocycles. The van der Waals surface area contributed by atoms with E-state index in [1.807, 2.05) is 49.5 Å². The molecule has 5 rings (SSSR count). The molecule has 1 N–H and O–H groups in total. The van der Waals surface area contributed by atoms with E-state index in [2.05, 4.69) is 10.4 Å². The van der Waals surface area contributed by atoms with Gasteiger partial charge in [0.1, 0.15) is 11.6 Å². The van der Waals surface area contributed by atoms with Gasteiger partial charge in [-0.05, 0) is 47.7 Å². The number of hydrogen-bond donors (Lipinski definition) is 1. The Morgan fingerprint density at radius 2 is 1.86 bits per heavy atom. The van der Waals surface area contributed by atoms with Crippen LogP contribution < -0.4 is 5.32 Å². The zero-order valence-corrected chi connectivity index (χ0v) is 16.6. The first kappa shape index (κ1) is 17.9. The molecule has 2 unspecified atom stereocenters. The fourth-order valence-corrected chi connectivity index (χ4v) is 4.59. The summed E-state index contributed by atoms with van der Waals surface area (Å²) in [4.78, 5) is 28.2. The molecule has 1 fully saturated rings. The van der Waals surface area contributed by atoms with Crippen LogP contribution in [0.4, 0.5) is 4.79 Å². The number of aryl methyl sites for hydroxylation is 2. The van der Waals surface area contributed by atoms with E-state index >= 15 is 0 Å². The number of halogens is 1. The Hall–Kier alpha value is -3.12. The van der Waals surface area contributed by atoms with Gasteiger partial charge >= 0.3 is 6.03 Å². The molecule has 1 aromatic heterocycles. The van der Waals surface area contributed by atoms with Crippen LogP contribution in [0.15, 0.2) is 60.8 Å². The van der Waals surface area contributed by atoms with Crippen LogP contribution in [-0.2, 0) is 23.8 Å². The molecule has 2 heterocycles. The number of nitrogens with one attached hydrogen (secondary N) is 1. The zero-order chi connectivity index (χ0) is 20.2. The van der Waals surface area contributed by atoms with Gasteiger partial charge in [0.25, 0.3) is 5.91 Å². The maximum Gasteiger partial charge on any atom is 0.326 e. The maximum atomic E-state index is 13.7. The zero-order valence-electron chi connectivity index (χ0n) is 15.8. The summed E-state index contributed by atoms with van der Waals surface area (Å²) in [6.07, 6.45) is 3.12. The summed E-state index contributed by atoms with van der Waals surface area (Å²) in [6.45, 7) is 0. The monoisotopic (exact) mass is 406 g/mol. The lowest BCUT2D eigenvalue weighted by atomic mass is 9.91. The van der Waals surface area contributed by atoms with Gasteiger partial charge < -0.3 is 5.32 Å². The standard InChI is InChI=1S/C22H19ClN4O2/c1-26-13-11-18(25-26)19(15-6-8-16(23)9-7-15)27-20(28)22(24-21(27)29)12-10-14-4-2-3-5-17(14)22/h2-9,11,13,19H,10,12H2,1H3,(H,24,29). The van der Waals surface area contributed by atoms with Crippen molar-refractivity contribution in [3.63, 3.8) is 0 Å². The second-order valence-electron chi connectivity index (χ2n) is 7.54. The molecule has 1 saturated heterocycles. The molecule has 7 heteroatoms. The summed E-state index contributed by atoms with van der Waals surface area (Å²) in [5.74, 6) is -0.238. The molecule has 1 aliphatic heterocycles. The summed E-state index contributed by atoms with van der Waals surface area (Å²) in [5.41, 5.74) is 2.38. The third-order valence-electron chi connectivity index (χ3n) is 5.83. The van der Waals surface area contributed by atoms with Crippen LogP contribution in [-0.4, -0.2) is 26.6 Å². The molecule has 2 atom stereocenters. The smallest absolute Gasteiger partial charge is 0.319 e. The van der Waals surface area contributed by atoms with Gasteiger partial charge in [0.05, 0.1) is 5.69 Å². The van der Waals surface area contributed by atoms with Gasteiger partial charge in [-0.15, -0.1) is 0 Å². The molecular weight excluding hydrogens is 388 g/mol. The van der Waals surface area contributed by atoms with E-state index in [9.17, 15) is 9.59 Å². The Labute approximate surface area is 173 Å². The predicted octanol–water partition coefficient (Wildman–Crippen LogP) is 3.56. The summed E-state index contributed by atoms with van der Waals surface area (Å²) in [6, 6.07) is 15.8. The van der Waals surface area contributed by atoms with Crippen molar-refractivity contribution < 1.29 is 9.59 Å². The highest BCUT2D eigenvalue weighted by molar-refractivity contribution is 6.30. The Balaban J connectivity index is 1.63. The first-order valence-electron chi connectivity index (χ1n) is 9.49. The quantitative estimate of drug-likeness (QED) is 0.676. The lowest BCUT2D eigenvalue weighted by Gasteiger charge is -2.27. The SMILES string of the molecule is Cn1ccc(C(c2ccc(Cl)cc2)N2C(=O)NC3(CCc4ccccc43)C2=O)n1. The van der Waals surface area contributed by atoms with Crippen molar-refractivity contribution in [3.05, 3.63) is 88.2 Å². The normalized spacial score (nSPS) is 21.5. The molecule has 0 bridgehead atoms. The Morgan fingerprint density at radius 3 is 2.59 bits per heavy atom. The number of benzene rings is 2. The Kier molecular flexibility index (Phi) is 3.99. The van der Waals surface area contributed by atoms with Gasteiger partial charge in [0.15, 0.2) is 0 Å². The lowest BCUT2D eigenvalue weighted by molar-refractivity contribution is -0.132. The van der Waals surface area contributed by atoms with Crippen LogP contribution in [0.1, 0.15) is 34.8 Å².